The van der Waals surface area contributed by atoms with Gasteiger partial charge in [0.05, 0.1) is 0 Å². The standard InChI is InChI=1S/C13H21N5O/c1-3-17-7-4-8-18(10-9-17)12-6-5-11(15-16-12)13(19)14-2/h5-6H,3-4,7-10H2,1-2H3,(H,14,19). The molecule has 104 valence electrons. The van der Waals surface area contributed by atoms with E-state index in [9.17, 15) is 4.79 Å². The van der Waals surface area contributed by atoms with Gasteiger partial charge in [0.15, 0.2) is 11.5 Å². The molecule has 19 heavy (non-hydrogen) atoms. The zero-order chi connectivity index (χ0) is 13.7. The Balaban J connectivity index is 2.03. The predicted molar refractivity (Wildman–Crippen MR) is 74.4 cm³/mol. The highest BCUT2D eigenvalue weighted by molar-refractivity contribution is 5.91. The summed E-state index contributed by atoms with van der Waals surface area (Å²) in [6.07, 6.45) is 1.13. The van der Waals surface area contributed by atoms with Crippen molar-refractivity contribution in [2.75, 3.05) is 44.7 Å². The average Bonchev–Trinajstić information content (AvgIpc) is 2.72. The van der Waals surface area contributed by atoms with Crippen LogP contribution < -0.4 is 10.2 Å². The van der Waals surface area contributed by atoms with Crippen molar-refractivity contribution in [3.8, 4) is 0 Å². The van der Waals surface area contributed by atoms with Crippen LogP contribution in [-0.2, 0) is 0 Å². The molecule has 0 atom stereocenters. The minimum atomic E-state index is -0.202. The van der Waals surface area contributed by atoms with Crippen molar-refractivity contribution >= 4 is 11.7 Å². The highest BCUT2D eigenvalue weighted by Crippen LogP contribution is 2.12. The van der Waals surface area contributed by atoms with E-state index < -0.39 is 0 Å². The van der Waals surface area contributed by atoms with Crippen molar-refractivity contribution in [1.29, 1.82) is 0 Å². The van der Waals surface area contributed by atoms with Gasteiger partial charge in [0.1, 0.15) is 0 Å². The minimum absolute atomic E-state index is 0.202. The molecule has 0 aromatic carbocycles. The quantitative estimate of drug-likeness (QED) is 0.853. The van der Waals surface area contributed by atoms with E-state index in [1.807, 2.05) is 6.07 Å². The van der Waals surface area contributed by atoms with Crippen LogP contribution in [0.3, 0.4) is 0 Å². The molecule has 0 unspecified atom stereocenters. The highest BCUT2D eigenvalue weighted by Gasteiger charge is 2.15. The van der Waals surface area contributed by atoms with Crippen LogP contribution >= 0.6 is 0 Å². The van der Waals surface area contributed by atoms with Crippen LogP contribution in [0.4, 0.5) is 5.82 Å². The SMILES string of the molecule is CCN1CCCN(c2ccc(C(=O)NC)nn2)CC1. The zero-order valence-electron chi connectivity index (χ0n) is 11.6. The van der Waals surface area contributed by atoms with E-state index in [-0.39, 0.29) is 5.91 Å². The Bertz CT molecular complexity index is 420. The summed E-state index contributed by atoms with van der Waals surface area (Å²) >= 11 is 0. The Kier molecular flexibility index (Phi) is 4.68. The number of carbonyl (C=O) groups excluding carboxylic acids is 1. The van der Waals surface area contributed by atoms with E-state index in [0.29, 0.717) is 5.69 Å². The fourth-order valence-electron chi connectivity index (χ4n) is 2.26. The van der Waals surface area contributed by atoms with E-state index in [0.717, 1.165) is 45.0 Å². The van der Waals surface area contributed by atoms with Gasteiger partial charge >= 0.3 is 0 Å². The molecule has 1 aromatic heterocycles. The molecule has 6 heteroatoms. The summed E-state index contributed by atoms with van der Waals surface area (Å²) in [4.78, 5) is 16.1. The molecular weight excluding hydrogens is 242 g/mol. The molecule has 0 bridgehead atoms. The number of nitrogens with one attached hydrogen (secondary N) is 1. The summed E-state index contributed by atoms with van der Waals surface area (Å²) in [5.74, 6) is 0.651. The lowest BCUT2D eigenvalue weighted by Crippen LogP contribution is -2.31. The monoisotopic (exact) mass is 263 g/mol. The van der Waals surface area contributed by atoms with Crippen LogP contribution in [0.2, 0.25) is 0 Å². The third-order valence-corrected chi connectivity index (χ3v) is 3.47. The number of hydrogen-bond donors (Lipinski definition) is 1. The van der Waals surface area contributed by atoms with E-state index in [2.05, 4.69) is 32.2 Å². The topological polar surface area (TPSA) is 61.4 Å². The largest absolute Gasteiger partial charge is 0.354 e. The molecule has 0 radical (unpaired) electrons. The normalized spacial score (nSPS) is 17.1. The molecule has 1 aliphatic rings. The van der Waals surface area contributed by atoms with Crippen molar-refractivity contribution < 1.29 is 4.79 Å². The molecule has 1 aromatic rings. The first-order valence-corrected chi connectivity index (χ1v) is 6.77. The Labute approximate surface area is 113 Å². The molecular formula is C13H21N5O. The first-order valence-electron chi connectivity index (χ1n) is 6.77. The van der Waals surface area contributed by atoms with Crippen molar-refractivity contribution in [2.24, 2.45) is 0 Å². The van der Waals surface area contributed by atoms with E-state index in [1.165, 1.54) is 0 Å². The average molecular weight is 263 g/mol. The van der Waals surface area contributed by atoms with Crippen molar-refractivity contribution in [1.82, 2.24) is 20.4 Å². The number of hydrogen-bond acceptors (Lipinski definition) is 5. The van der Waals surface area contributed by atoms with Gasteiger partial charge < -0.3 is 15.1 Å². The van der Waals surface area contributed by atoms with Crippen LogP contribution in [0.15, 0.2) is 12.1 Å². The van der Waals surface area contributed by atoms with Gasteiger partial charge in [0.2, 0.25) is 0 Å². The minimum Gasteiger partial charge on any atom is -0.354 e. The molecule has 0 spiro atoms. The number of aromatic nitrogens is 2. The molecule has 1 fully saturated rings. The first-order chi connectivity index (χ1) is 9.24. The summed E-state index contributed by atoms with van der Waals surface area (Å²) in [6.45, 7) is 7.42. The lowest BCUT2D eigenvalue weighted by atomic mass is 10.3. The van der Waals surface area contributed by atoms with Crippen LogP contribution in [0, 0.1) is 0 Å². The predicted octanol–water partition coefficient (Wildman–Crippen LogP) is 0.368. The molecule has 0 aliphatic carbocycles. The lowest BCUT2D eigenvalue weighted by molar-refractivity contribution is 0.0957. The highest BCUT2D eigenvalue weighted by atomic mass is 16.1. The van der Waals surface area contributed by atoms with Gasteiger partial charge in [0.25, 0.3) is 5.91 Å². The third-order valence-electron chi connectivity index (χ3n) is 3.47. The maximum Gasteiger partial charge on any atom is 0.271 e. The number of anilines is 1. The van der Waals surface area contributed by atoms with Crippen molar-refractivity contribution in [3.05, 3.63) is 17.8 Å². The third kappa shape index (κ3) is 3.41. The maximum absolute atomic E-state index is 11.4. The Morgan fingerprint density at radius 2 is 2.11 bits per heavy atom. The van der Waals surface area contributed by atoms with Gasteiger partial charge in [-0.05, 0) is 31.6 Å². The number of amides is 1. The van der Waals surface area contributed by atoms with Gasteiger partial charge in [0, 0.05) is 26.7 Å². The van der Waals surface area contributed by atoms with E-state index in [1.54, 1.807) is 13.1 Å². The Morgan fingerprint density at radius 3 is 2.74 bits per heavy atom. The molecule has 1 saturated heterocycles. The van der Waals surface area contributed by atoms with Crippen LogP contribution in [-0.4, -0.2) is 60.8 Å². The van der Waals surface area contributed by atoms with Gasteiger partial charge in [-0.3, -0.25) is 4.79 Å². The van der Waals surface area contributed by atoms with Gasteiger partial charge in [-0.2, -0.15) is 0 Å². The molecule has 6 nitrogen and oxygen atoms in total. The number of rotatable bonds is 3. The fraction of sp³-hybridized carbons (Fsp3) is 0.615. The van der Waals surface area contributed by atoms with Gasteiger partial charge in [-0.25, -0.2) is 0 Å². The van der Waals surface area contributed by atoms with Gasteiger partial charge in [-0.15, -0.1) is 10.2 Å². The van der Waals surface area contributed by atoms with Crippen LogP contribution in [0.25, 0.3) is 0 Å². The molecule has 1 N–H and O–H groups in total. The maximum atomic E-state index is 11.4. The summed E-state index contributed by atoms with van der Waals surface area (Å²) in [5.41, 5.74) is 0.358. The van der Waals surface area contributed by atoms with Gasteiger partial charge in [-0.1, -0.05) is 6.92 Å². The Hall–Kier alpha value is -1.69. The molecule has 2 heterocycles. The molecule has 0 saturated carbocycles. The van der Waals surface area contributed by atoms with E-state index in [4.69, 9.17) is 0 Å². The van der Waals surface area contributed by atoms with Crippen LogP contribution in [0.5, 0.6) is 0 Å². The summed E-state index contributed by atoms with van der Waals surface area (Å²) in [5, 5.41) is 10.7. The number of carbonyl (C=O) groups is 1. The Morgan fingerprint density at radius 1 is 1.26 bits per heavy atom. The smallest absolute Gasteiger partial charge is 0.271 e. The molecule has 1 aliphatic heterocycles. The summed E-state index contributed by atoms with van der Waals surface area (Å²) < 4.78 is 0. The first kappa shape index (κ1) is 13.7. The second-order valence-corrected chi connectivity index (χ2v) is 4.63. The van der Waals surface area contributed by atoms with Crippen molar-refractivity contribution in [3.63, 3.8) is 0 Å². The zero-order valence-corrected chi connectivity index (χ0v) is 11.6. The molecule has 1 amide bonds. The summed E-state index contributed by atoms with van der Waals surface area (Å²) in [7, 11) is 1.59. The number of nitrogens with zero attached hydrogens (tertiary/aromatic N) is 4. The second-order valence-electron chi connectivity index (χ2n) is 4.63. The fourth-order valence-corrected chi connectivity index (χ4v) is 2.26. The van der Waals surface area contributed by atoms with Crippen LogP contribution in [0.1, 0.15) is 23.8 Å². The number of likely N-dealkylation sites (N-methyl/N-ethyl adjacent to an activating group) is 1. The van der Waals surface area contributed by atoms with Crippen molar-refractivity contribution in [2.45, 2.75) is 13.3 Å². The molecule has 2 rings (SSSR count). The summed E-state index contributed by atoms with van der Waals surface area (Å²) in [6, 6.07) is 3.60. The second kappa shape index (κ2) is 6.47. The lowest BCUT2D eigenvalue weighted by Gasteiger charge is -2.21. The van der Waals surface area contributed by atoms with E-state index >= 15 is 0 Å².